The van der Waals surface area contributed by atoms with Gasteiger partial charge >= 0.3 is 5.51 Å². The van der Waals surface area contributed by atoms with Gasteiger partial charge in [-0.15, -0.1) is 0 Å². The molecule has 6 nitrogen and oxygen atoms in total. The van der Waals surface area contributed by atoms with Gasteiger partial charge in [-0.25, -0.2) is 4.98 Å². The Balaban J connectivity index is 2.14. The van der Waals surface area contributed by atoms with E-state index >= 15 is 0 Å². The maximum atomic E-state index is 12.4. The number of methoxy groups -OCH3 is 1. The first kappa shape index (κ1) is 21.0. The van der Waals surface area contributed by atoms with Crippen LogP contribution in [-0.2, 0) is 11.3 Å². The zero-order valence-electron chi connectivity index (χ0n) is 14.6. The van der Waals surface area contributed by atoms with Crippen LogP contribution in [0, 0.1) is 0 Å². The van der Waals surface area contributed by atoms with E-state index in [1.807, 2.05) is 6.92 Å². The fraction of sp³-hybridized carbons (Fsp3) is 0.353. The summed E-state index contributed by atoms with van der Waals surface area (Å²) in [7, 11) is 1.43. The number of H-pyrrole nitrogens is 1. The fourth-order valence-electron chi connectivity index (χ4n) is 2.38. The largest absolute Gasteiger partial charge is 0.446 e. The summed E-state index contributed by atoms with van der Waals surface area (Å²) in [5.41, 5.74) is -4.25. The number of halogens is 3. The number of rotatable bonds is 7. The first-order valence-electron chi connectivity index (χ1n) is 7.97. The van der Waals surface area contributed by atoms with Gasteiger partial charge in [0.1, 0.15) is 18.1 Å². The smallest absolute Gasteiger partial charge is 0.377 e. The minimum atomic E-state index is -4.36. The number of amides is 1. The molecule has 1 aromatic heterocycles. The normalized spacial score (nSPS) is 12.6. The monoisotopic (exact) mass is 401 g/mol. The number of aromatic amines is 1. The summed E-state index contributed by atoms with van der Waals surface area (Å²) in [6.07, 6.45) is 0.506. The lowest BCUT2D eigenvalue weighted by atomic mass is 10.0. The van der Waals surface area contributed by atoms with Crippen LogP contribution in [0.15, 0.2) is 40.0 Å². The number of carbonyl (C=O) groups excluding carboxylic acids is 1. The molecule has 0 aliphatic rings. The third-order valence-electron chi connectivity index (χ3n) is 3.53. The molecule has 2 aromatic rings. The van der Waals surface area contributed by atoms with Crippen LogP contribution in [0.3, 0.4) is 0 Å². The van der Waals surface area contributed by atoms with Crippen LogP contribution < -0.4 is 10.9 Å². The summed E-state index contributed by atoms with van der Waals surface area (Å²) in [5.74, 6) is -0.337. The quantitative estimate of drug-likeness (QED) is 0.695. The van der Waals surface area contributed by atoms with Gasteiger partial charge in [-0.3, -0.25) is 9.59 Å². The lowest BCUT2D eigenvalue weighted by molar-refractivity contribution is -0.0328. The van der Waals surface area contributed by atoms with E-state index in [2.05, 4.69) is 15.3 Å². The maximum Gasteiger partial charge on any atom is 0.446 e. The second kappa shape index (κ2) is 9.05. The average molecular weight is 401 g/mol. The lowest BCUT2D eigenvalue weighted by Crippen LogP contribution is -2.30. The molecule has 1 atom stereocenters. The highest BCUT2D eigenvalue weighted by Gasteiger charge is 2.29. The van der Waals surface area contributed by atoms with Crippen LogP contribution >= 0.6 is 11.8 Å². The van der Waals surface area contributed by atoms with Crippen LogP contribution in [0.2, 0.25) is 0 Å². The predicted octanol–water partition coefficient (Wildman–Crippen LogP) is 3.41. The van der Waals surface area contributed by atoms with Gasteiger partial charge < -0.3 is 15.0 Å². The van der Waals surface area contributed by atoms with Crippen molar-refractivity contribution >= 4 is 17.7 Å². The number of hydrogen-bond acceptors (Lipinski definition) is 5. The first-order chi connectivity index (χ1) is 12.7. The Bertz CT molecular complexity index is 838. The molecule has 0 saturated heterocycles. The van der Waals surface area contributed by atoms with Gasteiger partial charge in [0.05, 0.1) is 6.04 Å². The third-order valence-corrected chi connectivity index (χ3v) is 4.27. The van der Waals surface area contributed by atoms with Crippen molar-refractivity contribution < 1.29 is 22.7 Å². The standard InChI is InChI=1S/C17H18F3N3O3S/c1-3-12(10-4-6-11(7-5-10)27-17(18,19)20)22-16(25)13-8-15(24)23-14(21-13)9-26-2/h4-8,12H,3,9H2,1-2H3,(H,22,25)(H,21,23,24). The van der Waals surface area contributed by atoms with Crippen molar-refractivity contribution in [3.63, 3.8) is 0 Å². The first-order valence-corrected chi connectivity index (χ1v) is 8.79. The van der Waals surface area contributed by atoms with Gasteiger partial charge in [0.15, 0.2) is 0 Å². The molecule has 1 amide bonds. The van der Waals surface area contributed by atoms with Gasteiger partial charge in [0, 0.05) is 18.1 Å². The summed E-state index contributed by atoms with van der Waals surface area (Å²) in [6, 6.07) is 6.40. The molecule has 0 fully saturated rings. The van der Waals surface area contributed by atoms with Crippen LogP contribution in [0.4, 0.5) is 13.2 Å². The highest BCUT2D eigenvalue weighted by molar-refractivity contribution is 8.00. The molecule has 1 aromatic carbocycles. The van der Waals surface area contributed by atoms with E-state index in [0.29, 0.717) is 12.0 Å². The molecule has 2 N–H and O–H groups in total. The number of thioether (sulfide) groups is 1. The number of nitrogens with zero attached hydrogens (tertiary/aromatic N) is 1. The Hall–Kier alpha value is -2.33. The number of hydrogen-bond donors (Lipinski definition) is 2. The summed E-state index contributed by atoms with van der Waals surface area (Å²) < 4.78 is 42.1. The molecule has 0 bridgehead atoms. The summed E-state index contributed by atoms with van der Waals surface area (Å²) in [6.45, 7) is 1.87. The molecule has 10 heteroatoms. The number of ether oxygens (including phenoxy) is 1. The number of carbonyl (C=O) groups is 1. The van der Waals surface area contributed by atoms with Crippen LogP contribution in [0.25, 0.3) is 0 Å². The third kappa shape index (κ3) is 6.40. The molecular weight excluding hydrogens is 383 g/mol. The Morgan fingerprint density at radius 1 is 1.33 bits per heavy atom. The Morgan fingerprint density at radius 3 is 2.56 bits per heavy atom. The summed E-state index contributed by atoms with van der Waals surface area (Å²) >= 11 is -0.200. The predicted molar refractivity (Wildman–Crippen MR) is 94.4 cm³/mol. The number of benzene rings is 1. The maximum absolute atomic E-state index is 12.4. The Morgan fingerprint density at radius 2 is 2.00 bits per heavy atom. The number of nitrogens with one attached hydrogen (secondary N) is 2. The van der Waals surface area contributed by atoms with Crippen molar-refractivity contribution in [2.24, 2.45) is 0 Å². The lowest BCUT2D eigenvalue weighted by Gasteiger charge is -2.18. The van der Waals surface area contributed by atoms with Crippen LogP contribution in [0.5, 0.6) is 0 Å². The van der Waals surface area contributed by atoms with E-state index in [1.54, 1.807) is 0 Å². The molecule has 0 aliphatic heterocycles. The van der Waals surface area contributed by atoms with Crippen molar-refractivity contribution in [3.05, 3.63) is 57.8 Å². The fourth-order valence-corrected chi connectivity index (χ4v) is 2.92. The van der Waals surface area contributed by atoms with Gasteiger partial charge in [-0.1, -0.05) is 19.1 Å². The Kier molecular flexibility index (Phi) is 7.03. The molecule has 2 rings (SSSR count). The van der Waals surface area contributed by atoms with Crippen molar-refractivity contribution in [1.82, 2.24) is 15.3 Å². The van der Waals surface area contributed by atoms with E-state index in [4.69, 9.17) is 4.74 Å². The second-order valence-electron chi connectivity index (χ2n) is 5.56. The molecular formula is C17H18F3N3O3S. The van der Waals surface area contributed by atoms with Crippen molar-refractivity contribution in [3.8, 4) is 0 Å². The average Bonchev–Trinajstić information content (AvgIpc) is 2.58. The summed E-state index contributed by atoms with van der Waals surface area (Å²) in [5, 5.41) is 2.74. The van der Waals surface area contributed by atoms with E-state index in [-0.39, 0.29) is 34.8 Å². The van der Waals surface area contributed by atoms with Gasteiger partial charge in [0.2, 0.25) is 0 Å². The number of alkyl halides is 3. The minimum Gasteiger partial charge on any atom is -0.377 e. The molecule has 146 valence electrons. The van der Waals surface area contributed by atoms with E-state index in [9.17, 15) is 22.8 Å². The SMILES string of the molecule is CCC(NC(=O)c1cc(=O)[nH]c(COC)n1)c1ccc(SC(F)(F)F)cc1. The zero-order chi connectivity index (χ0) is 20.0. The van der Waals surface area contributed by atoms with E-state index < -0.39 is 23.0 Å². The van der Waals surface area contributed by atoms with E-state index in [1.165, 1.54) is 31.4 Å². The van der Waals surface area contributed by atoms with Crippen molar-refractivity contribution in [2.75, 3.05) is 7.11 Å². The molecule has 1 unspecified atom stereocenters. The van der Waals surface area contributed by atoms with Gasteiger partial charge in [0.25, 0.3) is 11.5 Å². The molecule has 0 aliphatic carbocycles. The highest BCUT2D eigenvalue weighted by atomic mass is 32.2. The van der Waals surface area contributed by atoms with Crippen molar-refractivity contribution in [2.45, 2.75) is 36.4 Å². The van der Waals surface area contributed by atoms with Crippen molar-refractivity contribution in [1.29, 1.82) is 0 Å². The molecule has 0 radical (unpaired) electrons. The second-order valence-corrected chi connectivity index (χ2v) is 6.70. The molecule has 1 heterocycles. The van der Waals surface area contributed by atoms with Gasteiger partial charge in [-0.2, -0.15) is 13.2 Å². The Labute approximate surface area is 157 Å². The van der Waals surface area contributed by atoms with Gasteiger partial charge in [-0.05, 0) is 35.9 Å². The molecule has 0 saturated carbocycles. The topological polar surface area (TPSA) is 84.1 Å². The molecule has 0 spiro atoms. The number of aromatic nitrogens is 2. The highest BCUT2D eigenvalue weighted by Crippen LogP contribution is 2.37. The van der Waals surface area contributed by atoms with Crippen LogP contribution in [0.1, 0.15) is 41.3 Å². The van der Waals surface area contributed by atoms with E-state index in [0.717, 1.165) is 6.07 Å². The summed E-state index contributed by atoms with van der Waals surface area (Å²) in [4.78, 5) is 30.6. The minimum absolute atomic E-state index is 0.0475. The zero-order valence-corrected chi connectivity index (χ0v) is 15.4. The molecule has 27 heavy (non-hydrogen) atoms. The van der Waals surface area contributed by atoms with Crippen LogP contribution in [-0.4, -0.2) is 28.5 Å².